The summed E-state index contributed by atoms with van der Waals surface area (Å²) in [7, 11) is 1.45. The molecule has 1 amide bonds. The van der Waals surface area contributed by atoms with Gasteiger partial charge in [-0.15, -0.1) is 0 Å². The first kappa shape index (κ1) is 16.6. The fourth-order valence-corrected chi connectivity index (χ4v) is 1.74. The summed E-state index contributed by atoms with van der Waals surface area (Å²) in [5.41, 5.74) is -0.553. The molecule has 0 atom stereocenters. The van der Waals surface area contributed by atoms with Gasteiger partial charge in [0, 0.05) is 6.07 Å². The Morgan fingerprint density at radius 2 is 1.96 bits per heavy atom. The molecule has 8 heteroatoms. The average Bonchev–Trinajstić information content (AvgIpc) is 2.53. The second-order valence-corrected chi connectivity index (χ2v) is 4.42. The summed E-state index contributed by atoms with van der Waals surface area (Å²) >= 11 is 0. The van der Waals surface area contributed by atoms with Crippen molar-refractivity contribution >= 4 is 11.6 Å². The number of halogens is 3. The first-order chi connectivity index (χ1) is 10.9. The van der Waals surface area contributed by atoms with Crippen LogP contribution in [0.2, 0.25) is 0 Å². The summed E-state index contributed by atoms with van der Waals surface area (Å²) < 4.78 is 48.2. The number of hydrogen-bond acceptors (Lipinski definition) is 4. The molecular formula is C15H13F3N2O3. The van der Waals surface area contributed by atoms with Crippen molar-refractivity contribution in [3.05, 3.63) is 48.2 Å². The number of ether oxygens (including phenoxy) is 2. The van der Waals surface area contributed by atoms with Gasteiger partial charge < -0.3 is 14.8 Å². The maximum Gasteiger partial charge on any atom is 0.419 e. The second kappa shape index (κ2) is 6.99. The van der Waals surface area contributed by atoms with Gasteiger partial charge in [0.05, 0.1) is 24.6 Å². The maximum atomic E-state index is 12.8. The molecule has 1 N–H and O–H groups in total. The van der Waals surface area contributed by atoms with Crippen molar-refractivity contribution < 1.29 is 27.4 Å². The van der Waals surface area contributed by atoms with Crippen LogP contribution < -0.4 is 14.8 Å². The highest BCUT2D eigenvalue weighted by Gasteiger charge is 2.34. The Kier molecular flexibility index (Phi) is 5.05. The van der Waals surface area contributed by atoms with Gasteiger partial charge in [-0.25, -0.2) is 4.98 Å². The smallest absolute Gasteiger partial charge is 0.419 e. The molecule has 0 aliphatic heterocycles. The molecule has 0 fully saturated rings. The molecule has 2 rings (SSSR count). The van der Waals surface area contributed by atoms with Gasteiger partial charge >= 0.3 is 6.18 Å². The molecule has 2 aromatic rings. The van der Waals surface area contributed by atoms with E-state index in [9.17, 15) is 18.0 Å². The molecular weight excluding hydrogens is 313 g/mol. The van der Waals surface area contributed by atoms with Gasteiger partial charge in [-0.2, -0.15) is 13.2 Å². The SMILES string of the molecule is COc1ccc(NC(=O)COc2ccccc2C(F)(F)F)cn1. The molecule has 0 aliphatic carbocycles. The van der Waals surface area contributed by atoms with E-state index < -0.39 is 30.0 Å². The third-order valence-corrected chi connectivity index (χ3v) is 2.78. The Hall–Kier alpha value is -2.77. The Bertz CT molecular complexity index is 672. The summed E-state index contributed by atoms with van der Waals surface area (Å²) in [6, 6.07) is 7.78. The van der Waals surface area contributed by atoms with Crippen molar-refractivity contribution in [1.29, 1.82) is 0 Å². The molecule has 0 saturated carbocycles. The van der Waals surface area contributed by atoms with Crippen molar-refractivity contribution in [2.45, 2.75) is 6.18 Å². The van der Waals surface area contributed by atoms with Crippen molar-refractivity contribution in [1.82, 2.24) is 4.98 Å². The number of aromatic nitrogens is 1. The van der Waals surface area contributed by atoms with Crippen LogP contribution in [-0.4, -0.2) is 24.6 Å². The number of nitrogens with one attached hydrogen (secondary N) is 1. The quantitative estimate of drug-likeness (QED) is 0.917. The monoisotopic (exact) mass is 326 g/mol. The molecule has 0 radical (unpaired) electrons. The van der Waals surface area contributed by atoms with Gasteiger partial charge in [0.25, 0.3) is 5.91 Å². The fourth-order valence-electron chi connectivity index (χ4n) is 1.74. The lowest BCUT2D eigenvalue weighted by atomic mass is 10.2. The minimum atomic E-state index is -4.55. The zero-order valence-corrected chi connectivity index (χ0v) is 12.1. The Labute approximate surface area is 130 Å². The number of carbonyl (C=O) groups excluding carboxylic acids is 1. The van der Waals surface area contributed by atoms with Crippen LogP contribution in [0, 0.1) is 0 Å². The standard InChI is InChI=1S/C15H13F3N2O3/c1-22-14-7-6-10(8-19-14)20-13(21)9-23-12-5-3-2-4-11(12)15(16,17)18/h2-8H,9H2,1H3,(H,20,21). The topological polar surface area (TPSA) is 60.5 Å². The normalized spacial score (nSPS) is 11.0. The van der Waals surface area contributed by atoms with Gasteiger partial charge in [0.1, 0.15) is 5.75 Å². The predicted octanol–water partition coefficient (Wildman–Crippen LogP) is 3.13. The number of pyridine rings is 1. The number of carbonyl (C=O) groups is 1. The molecule has 0 bridgehead atoms. The largest absolute Gasteiger partial charge is 0.483 e. The summed E-state index contributed by atoms with van der Waals surface area (Å²) in [6.07, 6.45) is -3.19. The van der Waals surface area contributed by atoms with Crippen molar-refractivity contribution in [2.24, 2.45) is 0 Å². The van der Waals surface area contributed by atoms with Crippen LogP contribution in [0.25, 0.3) is 0 Å². The highest BCUT2D eigenvalue weighted by Crippen LogP contribution is 2.35. The van der Waals surface area contributed by atoms with Gasteiger partial charge in [-0.1, -0.05) is 12.1 Å². The molecule has 1 aromatic heterocycles. The third kappa shape index (κ3) is 4.60. The number of anilines is 1. The number of alkyl halides is 3. The summed E-state index contributed by atoms with van der Waals surface area (Å²) in [5.74, 6) is -0.629. The lowest BCUT2D eigenvalue weighted by molar-refractivity contribution is -0.139. The summed E-state index contributed by atoms with van der Waals surface area (Å²) in [5, 5.41) is 2.46. The van der Waals surface area contributed by atoms with Crippen LogP contribution in [0.4, 0.5) is 18.9 Å². The zero-order valence-electron chi connectivity index (χ0n) is 12.1. The van der Waals surface area contributed by atoms with E-state index in [0.29, 0.717) is 11.6 Å². The average molecular weight is 326 g/mol. The minimum absolute atomic E-state index is 0.373. The van der Waals surface area contributed by atoms with Gasteiger partial charge in [-0.05, 0) is 18.2 Å². The summed E-state index contributed by atoms with van der Waals surface area (Å²) in [4.78, 5) is 15.6. The number of amides is 1. The Balaban J connectivity index is 1.97. The van der Waals surface area contributed by atoms with E-state index >= 15 is 0 Å². The third-order valence-electron chi connectivity index (χ3n) is 2.78. The molecule has 1 heterocycles. The number of para-hydroxylation sites is 1. The molecule has 122 valence electrons. The van der Waals surface area contributed by atoms with E-state index in [2.05, 4.69) is 10.3 Å². The Morgan fingerprint density at radius 1 is 1.22 bits per heavy atom. The molecule has 0 unspecified atom stereocenters. The summed E-state index contributed by atoms with van der Waals surface area (Å²) in [6.45, 7) is -0.556. The van der Waals surface area contributed by atoms with E-state index in [1.807, 2.05) is 0 Å². The highest BCUT2D eigenvalue weighted by molar-refractivity contribution is 5.91. The first-order valence-electron chi connectivity index (χ1n) is 6.49. The molecule has 0 aliphatic rings. The zero-order chi connectivity index (χ0) is 16.9. The number of rotatable bonds is 5. The van der Waals surface area contributed by atoms with E-state index in [1.54, 1.807) is 6.07 Å². The number of hydrogen-bond donors (Lipinski definition) is 1. The van der Waals surface area contributed by atoms with Gasteiger partial charge in [-0.3, -0.25) is 4.79 Å². The maximum absolute atomic E-state index is 12.8. The predicted molar refractivity (Wildman–Crippen MR) is 76.4 cm³/mol. The lowest BCUT2D eigenvalue weighted by Gasteiger charge is -2.13. The van der Waals surface area contributed by atoms with E-state index in [0.717, 1.165) is 12.1 Å². The molecule has 0 spiro atoms. The van der Waals surface area contributed by atoms with E-state index in [-0.39, 0.29) is 0 Å². The number of methoxy groups -OCH3 is 1. The van der Waals surface area contributed by atoms with Crippen LogP contribution in [-0.2, 0) is 11.0 Å². The van der Waals surface area contributed by atoms with E-state index in [1.165, 1.54) is 31.5 Å². The van der Waals surface area contributed by atoms with Crippen molar-refractivity contribution in [3.63, 3.8) is 0 Å². The molecule has 1 aromatic carbocycles. The van der Waals surface area contributed by atoms with Crippen LogP contribution in [0.15, 0.2) is 42.6 Å². The van der Waals surface area contributed by atoms with E-state index in [4.69, 9.17) is 9.47 Å². The molecule has 5 nitrogen and oxygen atoms in total. The van der Waals surface area contributed by atoms with Gasteiger partial charge in [0.15, 0.2) is 6.61 Å². The minimum Gasteiger partial charge on any atom is -0.483 e. The highest BCUT2D eigenvalue weighted by atomic mass is 19.4. The lowest BCUT2D eigenvalue weighted by Crippen LogP contribution is -2.21. The second-order valence-electron chi connectivity index (χ2n) is 4.42. The number of nitrogens with zero attached hydrogens (tertiary/aromatic N) is 1. The van der Waals surface area contributed by atoms with Crippen LogP contribution >= 0.6 is 0 Å². The van der Waals surface area contributed by atoms with Crippen molar-refractivity contribution in [2.75, 3.05) is 19.0 Å². The molecule has 0 saturated heterocycles. The van der Waals surface area contributed by atoms with Crippen LogP contribution in [0.1, 0.15) is 5.56 Å². The van der Waals surface area contributed by atoms with Gasteiger partial charge in [0.2, 0.25) is 5.88 Å². The fraction of sp³-hybridized carbons (Fsp3) is 0.200. The molecule has 23 heavy (non-hydrogen) atoms. The van der Waals surface area contributed by atoms with Crippen LogP contribution in [0.3, 0.4) is 0 Å². The Morgan fingerprint density at radius 3 is 2.57 bits per heavy atom. The van der Waals surface area contributed by atoms with Crippen LogP contribution in [0.5, 0.6) is 11.6 Å². The first-order valence-corrected chi connectivity index (χ1v) is 6.49. The van der Waals surface area contributed by atoms with Crippen molar-refractivity contribution in [3.8, 4) is 11.6 Å². The number of benzene rings is 1.